The van der Waals surface area contributed by atoms with Gasteiger partial charge in [-0.3, -0.25) is 9.36 Å². The van der Waals surface area contributed by atoms with Crippen molar-refractivity contribution in [2.75, 3.05) is 12.4 Å². The summed E-state index contributed by atoms with van der Waals surface area (Å²) in [5.41, 5.74) is 0.524. The van der Waals surface area contributed by atoms with Gasteiger partial charge in [0.25, 0.3) is 5.56 Å². The van der Waals surface area contributed by atoms with E-state index in [1.807, 2.05) is 12.1 Å². The maximum absolute atomic E-state index is 13.0. The van der Waals surface area contributed by atoms with Crippen LogP contribution in [0.25, 0.3) is 10.9 Å². The highest BCUT2D eigenvalue weighted by molar-refractivity contribution is 7.99. The normalized spacial score (nSPS) is 17.4. The second-order valence-corrected chi connectivity index (χ2v) is 7.40. The molecule has 0 N–H and O–H groups in total. The minimum Gasteiger partial charge on any atom is -0.467 e. The zero-order valence-corrected chi connectivity index (χ0v) is 15.1. The summed E-state index contributed by atoms with van der Waals surface area (Å²) in [7, 11) is 0. The molecule has 1 aromatic carbocycles. The highest BCUT2D eigenvalue weighted by Crippen LogP contribution is 2.25. The van der Waals surface area contributed by atoms with Crippen LogP contribution in [-0.2, 0) is 11.3 Å². The second-order valence-electron chi connectivity index (χ2n) is 5.97. The minimum absolute atomic E-state index is 0.0899. The van der Waals surface area contributed by atoms with Crippen molar-refractivity contribution in [2.24, 2.45) is 0 Å². The van der Waals surface area contributed by atoms with E-state index in [2.05, 4.69) is 4.98 Å². The van der Waals surface area contributed by atoms with E-state index in [4.69, 9.17) is 20.8 Å². The minimum atomic E-state index is -0.0899. The van der Waals surface area contributed by atoms with Crippen molar-refractivity contribution in [1.82, 2.24) is 9.55 Å². The first-order chi connectivity index (χ1) is 12.2. The number of rotatable bonds is 5. The molecule has 25 heavy (non-hydrogen) atoms. The fourth-order valence-electron chi connectivity index (χ4n) is 2.93. The Hall–Kier alpha value is -1.76. The monoisotopic (exact) mass is 376 g/mol. The number of furan rings is 1. The van der Waals surface area contributed by atoms with Gasteiger partial charge in [0, 0.05) is 17.4 Å². The maximum atomic E-state index is 13.0. The molecule has 0 radical (unpaired) electrons. The zero-order valence-electron chi connectivity index (χ0n) is 13.5. The average molecular weight is 377 g/mol. The summed E-state index contributed by atoms with van der Waals surface area (Å²) in [5.74, 6) is 1.49. The summed E-state index contributed by atoms with van der Waals surface area (Å²) >= 11 is 7.61. The number of ether oxygens (including phenoxy) is 1. The molecule has 1 atom stereocenters. The Labute approximate surface area is 153 Å². The number of aromatic nitrogens is 2. The quantitative estimate of drug-likeness (QED) is 0.498. The first-order valence-corrected chi connectivity index (χ1v) is 9.54. The molecule has 0 bridgehead atoms. The van der Waals surface area contributed by atoms with Gasteiger partial charge in [0.2, 0.25) is 0 Å². The molecule has 0 spiro atoms. The second kappa shape index (κ2) is 7.23. The molecule has 2 aromatic heterocycles. The molecule has 0 amide bonds. The van der Waals surface area contributed by atoms with Crippen LogP contribution in [0.4, 0.5) is 0 Å². The summed E-state index contributed by atoms with van der Waals surface area (Å²) in [5, 5.41) is 1.78. The maximum Gasteiger partial charge on any atom is 0.262 e. The standard InChI is InChI=1S/C18H17ClN2O3S/c19-12-5-6-15-16(9-12)20-18(25-11-14-4-2-8-24-14)21(17(15)22)10-13-3-1-7-23-13/h1,3,5-7,9,14H,2,4,8,10-11H2/t14-/m1/s1. The Morgan fingerprint density at radius 3 is 3.04 bits per heavy atom. The predicted molar refractivity (Wildman–Crippen MR) is 98.5 cm³/mol. The summed E-state index contributed by atoms with van der Waals surface area (Å²) in [6.45, 7) is 1.16. The summed E-state index contributed by atoms with van der Waals surface area (Å²) in [6, 6.07) is 8.83. The number of nitrogens with zero attached hydrogens (tertiary/aromatic N) is 2. The van der Waals surface area contributed by atoms with Crippen LogP contribution in [0.3, 0.4) is 0 Å². The summed E-state index contributed by atoms with van der Waals surface area (Å²) in [4.78, 5) is 17.7. The fourth-order valence-corrected chi connectivity index (χ4v) is 4.16. The van der Waals surface area contributed by atoms with Crippen LogP contribution < -0.4 is 5.56 Å². The molecule has 3 aromatic rings. The van der Waals surface area contributed by atoms with Crippen molar-refractivity contribution >= 4 is 34.3 Å². The molecule has 0 saturated carbocycles. The molecular formula is C18H17ClN2O3S. The van der Waals surface area contributed by atoms with Crippen molar-refractivity contribution in [1.29, 1.82) is 0 Å². The van der Waals surface area contributed by atoms with Crippen LogP contribution in [0.5, 0.6) is 0 Å². The average Bonchev–Trinajstić information content (AvgIpc) is 3.29. The molecule has 7 heteroatoms. The Balaban J connectivity index is 1.74. The van der Waals surface area contributed by atoms with Gasteiger partial charge in [0.05, 0.1) is 29.8 Å². The number of benzene rings is 1. The topological polar surface area (TPSA) is 57.3 Å². The van der Waals surface area contributed by atoms with Gasteiger partial charge in [-0.05, 0) is 43.2 Å². The number of hydrogen-bond acceptors (Lipinski definition) is 5. The third-order valence-corrected chi connectivity index (χ3v) is 5.54. The molecule has 0 aliphatic carbocycles. The number of fused-ring (bicyclic) bond motifs is 1. The summed E-state index contributed by atoms with van der Waals surface area (Å²) < 4.78 is 12.8. The van der Waals surface area contributed by atoms with E-state index in [1.54, 1.807) is 40.8 Å². The number of thioether (sulfide) groups is 1. The van der Waals surface area contributed by atoms with Crippen LogP contribution >= 0.6 is 23.4 Å². The van der Waals surface area contributed by atoms with Crippen molar-refractivity contribution in [3.63, 3.8) is 0 Å². The van der Waals surface area contributed by atoms with Crippen LogP contribution in [-0.4, -0.2) is 28.0 Å². The van der Waals surface area contributed by atoms with Gasteiger partial charge in [0.1, 0.15) is 5.76 Å². The van der Waals surface area contributed by atoms with E-state index >= 15 is 0 Å². The van der Waals surface area contributed by atoms with E-state index in [0.717, 1.165) is 31.0 Å². The van der Waals surface area contributed by atoms with Gasteiger partial charge in [-0.25, -0.2) is 4.98 Å². The third kappa shape index (κ3) is 3.61. The van der Waals surface area contributed by atoms with Gasteiger partial charge in [0.15, 0.2) is 5.16 Å². The first-order valence-electron chi connectivity index (χ1n) is 8.17. The molecule has 0 unspecified atom stereocenters. The van der Waals surface area contributed by atoms with E-state index in [-0.39, 0.29) is 11.7 Å². The molecule has 5 nitrogen and oxygen atoms in total. The molecule has 4 rings (SSSR count). The van der Waals surface area contributed by atoms with E-state index in [1.165, 1.54) is 0 Å². The number of halogens is 1. The van der Waals surface area contributed by atoms with Crippen molar-refractivity contribution in [3.8, 4) is 0 Å². The molecular weight excluding hydrogens is 360 g/mol. The van der Waals surface area contributed by atoms with Gasteiger partial charge in [-0.1, -0.05) is 23.4 Å². The third-order valence-electron chi connectivity index (χ3n) is 4.20. The SMILES string of the molecule is O=c1c2ccc(Cl)cc2nc(SC[C@H]2CCCO2)n1Cc1ccco1. The van der Waals surface area contributed by atoms with Crippen molar-refractivity contribution < 1.29 is 9.15 Å². The highest BCUT2D eigenvalue weighted by atomic mass is 35.5. The van der Waals surface area contributed by atoms with E-state index < -0.39 is 0 Å². The van der Waals surface area contributed by atoms with Crippen molar-refractivity contribution in [3.05, 3.63) is 57.7 Å². The van der Waals surface area contributed by atoms with E-state index in [9.17, 15) is 4.79 Å². The van der Waals surface area contributed by atoms with Crippen LogP contribution in [0.15, 0.2) is 51.0 Å². The Morgan fingerprint density at radius 2 is 2.28 bits per heavy atom. The predicted octanol–water partition coefficient (Wildman–Crippen LogP) is 3.96. The molecule has 1 aliphatic heterocycles. The Bertz CT molecular complexity index is 933. The van der Waals surface area contributed by atoms with Crippen molar-refractivity contribution in [2.45, 2.75) is 30.6 Å². The lowest BCUT2D eigenvalue weighted by molar-refractivity contribution is 0.129. The lowest BCUT2D eigenvalue weighted by atomic mass is 10.2. The molecule has 1 saturated heterocycles. The lowest BCUT2D eigenvalue weighted by Crippen LogP contribution is -2.24. The first kappa shape index (κ1) is 16.7. The zero-order chi connectivity index (χ0) is 17.2. The largest absolute Gasteiger partial charge is 0.467 e. The van der Waals surface area contributed by atoms with Gasteiger partial charge >= 0.3 is 0 Å². The fraction of sp³-hybridized carbons (Fsp3) is 0.333. The summed E-state index contributed by atoms with van der Waals surface area (Å²) in [6.07, 6.45) is 3.96. The van der Waals surface area contributed by atoms with Gasteiger partial charge in [-0.2, -0.15) is 0 Å². The van der Waals surface area contributed by atoms with Crippen LogP contribution in [0.1, 0.15) is 18.6 Å². The smallest absolute Gasteiger partial charge is 0.262 e. The number of hydrogen-bond donors (Lipinski definition) is 0. The molecule has 1 aliphatic rings. The van der Waals surface area contributed by atoms with Gasteiger partial charge in [-0.15, -0.1) is 0 Å². The molecule has 1 fully saturated rings. The Kier molecular flexibility index (Phi) is 4.83. The van der Waals surface area contributed by atoms with E-state index in [0.29, 0.717) is 27.6 Å². The van der Waals surface area contributed by atoms with Crippen LogP contribution in [0, 0.1) is 0 Å². The van der Waals surface area contributed by atoms with Crippen LogP contribution in [0.2, 0.25) is 5.02 Å². The molecule has 130 valence electrons. The Morgan fingerprint density at radius 1 is 1.36 bits per heavy atom. The highest BCUT2D eigenvalue weighted by Gasteiger charge is 2.19. The molecule has 3 heterocycles. The lowest BCUT2D eigenvalue weighted by Gasteiger charge is -2.14. The van der Waals surface area contributed by atoms with Gasteiger partial charge < -0.3 is 9.15 Å².